The van der Waals surface area contributed by atoms with Crippen molar-refractivity contribution in [3.05, 3.63) is 63.4 Å². The lowest BCUT2D eigenvalue weighted by Crippen LogP contribution is -2.08. The molecule has 2 rings (SSSR count). The molecule has 0 heterocycles. The molecule has 106 valence electrons. The Labute approximate surface area is 127 Å². The molecule has 2 aromatic rings. The zero-order chi connectivity index (χ0) is 14.5. The van der Waals surface area contributed by atoms with Crippen molar-refractivity contribution in [1.29, 1.82) is 0 Å². The van der Waals surface area contributed by atoms with Gasteiger partial charge >= 0.3 is 0 Å². The van der Waals surface area contributed by atoms with Crippen LogP contribution in [0.1, 0.15) is 11.1 Å². The first-order chi connectivity index (χ1) is 9.63. The van der Waals surface area contributed by atoms with Crippen molar-refractivity contribution in [1.82, 2.24) is 5.32 Å². The third kappa shape index (κ3) is 3.42. The van der Waals surface area contributed by atoms with Crippen LogP contribution < -0.4 is 10.1 Å². The maximum Gasteiger partial charge on any atom is 0.148 e. The van der Waals surface area contributed by atoms with Crippen LogP contribution in [0.2, 0.25) is 10.0 Å². The second-order valence-electron chi connectivity index (χ2n) is 4.26. The number of rotatable bonds is 5. The van der Waals surface area contributed by atoms with Gasteiger partial charge in [-0.3, -0.25) is 0 Å². The van der Waals surface area contributed by atoms with Crippen molar-refractivity contribution >= 4 is 23.2 Å². The predicted octanol–water partition coefficient (Wildman–Crippen LogP) is 4.43. The minimum absolute atomic E-state index is 0.0762. The summed E-state index contributed by atoms with van der Waals surface area (Å²) in [5.41, 5.74) is 1.32. The molecule has 0 radical (unpaired) electrons. The van der Waals surface area contributed by atoms with Gasteiger partial charge in [0.25, 0.3) is 0 Å². The van der Waals surface area contributed by atoms with Gasteiger partial charge in [-0.15, -0.1) is 0 Å². The summed E-state index contributed by atoms with van der Waals surface area (Å²) in [4.78, 5) is 0. The smallest absolute Gasteiger partial charge is 0.148 e. The Hall–Kier alpha value is -1.29. The van der Waals surface area contributed by atoms with Gasteiger partial charge in [0.1, 0.15) is 18.2 Å². The number of para-hydroxylation sites is 1. The third-order valence-electron chi connectivity index (χ3n) is 2.82. The van der Waals surface area contributed by atoms with E-state index in [0.717, 1.165) is 5.56 Å². The lowest BCUT2D eigenvalue weighted by molar-refractivity contribution is 0.296. The van der Waals surface area contributed by atoms with E-state index in [0.29, 0.717) is 22.9 Å². The molecule has 5 heteroatoms. The minimum atomic E-state index is -0.462. The van der Waals surface area contributed by atoms with Crippen LogP contribution in [0.3, 0.4) is 0 Å². The van der Waals surface area contributed by atoms with Crippen LogP contribution in [0.25, 0.3) is 0 Å². The summed E-state index contributed by atoms with van der Waals surface area (Å²) < 4.78 is 19.5. The van der Waals surface area contributed by atoms with E-state index in [1.165, 1.54) is 6.07 Å². The molecule has 0 bridgehead atoms. The van der Waals surface area contributed by atoms with E-state index in [-0.39, 0.29) is 11.6 Å². The van der Waals surface area contributed by atoms with E-state index in [9.17, 15) is 4.39 Å². The molecule has 20 heavy (non-hydrogen) atoms. The minimum Gasteiger partial charge on any atom is -0.487 e. The molecule has 2 aromatic carbocycles. The number of halogens is 3. The molecule has 0 atom stereocenters. The van der Waals surface area contributed by atoms with Crippen LogP contribution in [-0.4, -0.2) is 7.05 Å². The first-order valence-corrected chi connectivity index (χ1v) is 6.86. The Morgan fingerprint density at radius 2 is 1.70 bits per heavy atom. The standard InChI is InChI=1S/C15H14Cl2FNO/c1-19-8-10-4-2-7-13(17)15(10)20-9-11-5-3-6-12(16)14(11)18/h2-7,19H,8-9H2,1H3. The molecule has 0 aliphatic rings. The number of nitrogens with one attached hydrogen (secondary N) is 1. The molecule has 0 amide bonds. The maximum atomic E-state index is 13.8. The summed E-state index contributed by atoms with van der Waals surface area (Å²) in [5, 5.41) is 3.62. The van der Waals surface area contributed by atoms with Crippen LogP contribution in [0.4, 0.5) is 4.39 Å². The van der Waals surface area contributed by atoms with Crippen molar-refractivity contribution in [2.24, 2.45) is 0 Å². The highest BCUT2D eigenvalue weighted by atomic mass is 35.5. The van der Waals surface area contributed by atoms with E-state index >= 15 is 0 Å². The Kier molecular flexibility index (Phi) is 5.24. The zero-order valence-electron chi connectivity index (χ0n) is 10.9. The molecular weight excluding hydrogens is 300 g/mol. The second kappa shape index (κ2) is 6.93. The quantitative estimate of drug-likeness (QED) is 0.881. The summed E-state index contributed by atoms with van der Waals surface area (Å²) in [6.45, 7) is 0.695. The van der Waals surface area contributed by atoms with Gasteiger partial charge in [-0.1, -0.05) is 47.5 Å². The first-order valence-electron chi connectivity index (χ1n) is 6.11. The first kappa shape index (κ1) is 15.1. The van der Waals surface area contributed by atoms with Crippen molar-refractivity contribution < 1.29 is 9.13 Å². The fourth-order valence-electron chi connectivity index (χ4n) is 1.85. The molecule has 0 unspecified atom stereocenters. The molecule has 0 spiro atoms. The predicted molar refractivity (Wildman–Crippen MR) is 80.0 cm³/mol. The van der Waals surface area contributed by atoms with Crippen LogP contribution in [0.15, 0.2) is 36.4 Å². The highest BCUT2D eigenvalue weighted by Crippen LogP contribution is 2.30. The highest BCUT2D eigenvalue weighted by Gasteiger charge is 2.11. The lowest BCUT2D eigenvalue weighted by atomic mass is 10.2. The summed E-state index contributed by atoms with van der Waals surface area (Å²) in [6.07, 6.45) is 0. The van der Waals surface area contributed by atoms with Crippen molar-refractivity contribution in [2.75, 3.05) is 7.05 Å². The molecule has 0 aromatic heterocycles. The Balaban J connectivity index is 2.20. The summed E-state index contributed by atoms with van der Waals surface area (Å²) in [5.74, 6) is 0.0966. The highest BCUT2D eigenvalue weighted by molar-refractivity contribution is 6.32. The van der Waals surface area contributed by atoms with Gasteiger partial charge in [-0.25, -0.2) is 4.39 Å². The molecule has 1 N–H and O–H groups in total. The summed E-state index contributed by atoms with van der Waals surface area (Å²) in [6, 6.07) is 10.3. The van der Waals surface area contributed by atoms with Gasteiger partial charge in [0.15, 0.2) is 0 Å². The zero-order valence-corrected chi connectivity index (χ0v) is 12.4. The average molecular weight is 314 g/mol. The largest absolute Gasteiger partial charge is 0.487 e. The fourth-order valence-corrected chi connectivity index (χ4v) is 2.30. The van der Waals surface area contributed by atoms with E-state index in [1.807, 2.05) is 19.2 Å². The van der Waals surface area contributed by atoms with Crippen molar-refractivity contribution in [2.45, 2.75) is 13.2 Å². The lowest BCUT2D eigenvalue weighted by Gasteiger charge is -2.13. The summed E-state index contributed by atoms with van der Waals surface area (Å²) in [7, 11) is 1.83. The maximum absolute atomic E-state index is 13.8. The summed E-state index contributed by atoms with van der Waals surface area (Å²) >= 11 is 11.9. The molecule has 2 nitrogen and oxygen atoms in total. The molecule has 0 fully saturated rings. The number of hydrogen-bond donors (Lipinski definition) is 1. The topological polar surface area (TPSA) is 21.3 Å². The van der Waals surface area contributed by atoms with E-state index in [4.69, 9.17) is 27.9 Å². The third-order valence-corrected chi connectivity index (χ3v) is 3.41. The van der Waals surface area contributed by atoms with Gasteiger partial charge < -0.3 is 10.1 Å². The Bertz CT molecular complexity index is 604. The Morgan fingerprint density at radius 3 is 2.40 bits per heavy atom. The molecule has 0 saturated heterocycles. The van der Waals surface area contributed by atoms with E-state index in [2.05, 4.69) is 5.32 Å². The van der Waals surface area contributed by atoms with Crippen molar-refractivity contribution in [3.8, 4) is 5.75 Å². The van der Waals surface area contributed by atoms with Crippen LogP contribution in [0, 0.1) is 5.82 Å². The van der Waals surface area contributed by atoms with Gasteiger partial charge in [-0.05, 0) is 19.2 Å². The van der Waals surface area contributed by atoms with Crippen molar-refractivity contribution in [3.63, 3.8) is 0 Å². The Morgan fingerprint density at radius 1 is 1.05 bits per heavy atom. The van der Waals surface area contributed by atoms with Crippen LogP contribution in [0.5, 0.6) is 5.75 Å². The van der Waals surface area contributed by atoms with Gasteiger partial charge in [0, 0.05) is 17.7 Å². The molecule has 0 aliphatic heterocycles. The molecule has 0 saturated carbocycles. The van der Waals surface area contributed by atoms with E-state index in [1.54, 1.807) is 18.2 Å². The van der Waals surface area contributed by atoms with Gasteiger partial charge in [0.2, 0.25) is 0 Å². The monoisotopic (exact) mass is 313 g/mol. The van der Waals surface area contributed by atoms with E-state index < -0.39 is 5.82 Å². The number of ether oxygens (including phenoxy) is 1. The normalized spacial score (nSPS) is 10.6. The van der Waals surface area contributed by atoms with Crippen LogP contribution >= 0.6 is 23.2 Å². The fraction of sp³-hybridized carbons (Fsp3) is 0.200. The number of hydrogen-bond acceptors (Lipinski definition) is 2. The molecule has 0 aliphatic carbocycles. The molecular formula is C15H14Cl2FNO. The average Bonchev–Trinajstić information content (AvgIpc) is 2.43. The number of benzene rings is 2. The van der Waals surface area contributed by atoms with Gasteiger partial charge in [0.05, 0.1) is 10.0 Å². The van der Waals surface area contributed by atoms with Crippen LogP contribution in [-0.2, 0) is 13.2 Å². The second-order valence-corrected chi connectivity index (χ2v) is 5.07. The SMILES string of the molecule is CNCc1cccc(Cl)c1OCc1cccc(Cl)c1F. The van der Waals surface area contributed by atoms with Gasteiger partial charge in [-0.2, -0.15) is 0 Å².